The number of pyridine rings is 1. The van der Waals surface area contributed by atoms with Crippen molar-refractivity contribution < 1.29 is 22.6 Å². The van der Waals surface area contributed by atoms with Crippen LogP contribution in [0.2, 0.25) is 0 Å². The number of alkyl halides is 3. The summed E-state index contributed by atoms with van der Waals surface area (Å²) in [5.41, 5.74) is 4.18. The van der Waals surface area contributed by atoms with Crippen LogP contribution in [0.25, 0.3) is 11.0 Å². The first-order valence-corrected chi connectivity index (χ1v) is 10.5. The zero-order chi connectivity index (χ0) is 21.1. The third kappa shape index (κ3) is 4.99. The Kier molecular flexibility index (Phi) is 6.05. The van der Waals surface area contributed by atoms with E-state index in [4.69, 9.17) is 9.47 Å². The molecule has 0 saturated carbocycles. The Hall–Kier alpha value is -2.46. The molecule has 0 unspecified atom stereocenters. The predicted octanol–water partition coefficient (Wildman–Crippen LogP) is 4.34. The van der Waals surface area contributed by atoms with Crippen molar-refractivity contribution in [1.29, 1.82) is 0 Å². The maximum absolute atomic E-state index is 12.4. The molecule has 1 saturated heterocycles. The Bertz CT molecular complexity index is 1020. The number of aromatic amines is 1. The predicted molar refractivity (Wildman–Crippen MR) is 109 cm³/mol. The fourth-order valence-corrected chi connectivity index (χ4v) is 4.13. The van der Waals surface area contributed by atoms with Crippen LogP contribution in [0, 0.1) is 6.92 Å². The number of imidazole rings is 1. The molecule has 4 rings (SSSR count). The number of morpholine rings is 1. The average molecular weight is 438 g/mol. The van der Waals surface area contributed by atoms with E-state index in [2.05, 4.69) is 32.0 Å². The zero-order valence-electron chi connectivity index (χ0n) is 16.3. The summed E-state index contributed by atoms with van der Waals surface area (Å²) in [5.74, 6) is 0.656. The summed E-state index contributed by atoms with van der Waals surface area (Å²) in [5, 5.41) is 0.729. The van der Waals surface area contributed by atoms with Crippen LogP contribution in [0.3, 0.4) is 0 Å². The minimum atomic E-state index is -4.38. The molecule has 2 aromatic heterocycles. The first-order chi connectivity index (χ1) is 14.4. The van der Waals surface area contributed by atoms with Crippen molar-refractivity contribution in [3.8, 4) is 5.75 Å². The molecule has 1 aromatic carbocycles. The molecule has 0 aliphatic carbocycles. The van der Waals surface area contributed by atoms with Gasteiger partial charge in [-0.3, -0.25) is 4.98 Å². The lowest BCUT2D eigenvalue weighted by atomic mass is 10.2. The third-order valence-corrected chi connectivity index (χ3v) is 5.70. The minimum Gasteiger partial charge on any atom is -0.484 e. The number of nitrogens with one attached hydrogen (secondary N) is 1. The van der Waals surface area contributed by atoms with Crippen LogP contribution in [0.5, 0.6) is 5.75 Å². The summed E-state index contributed by atoms with van der Waals surface area (Å²) >= 11 is 1.45. The zero-order valence-corrected chi connectivity index (χ0v) is 17.1. The van der Waals surface area contributed by atoms with Gasteiger partial charge in [-0.2, -0.15) is 13.2 Å². The largest absolute Gasteiger partial charge is 0.484 e. The van der Waals surface area contributed by atoms with E-state index < -0.39 is 12.8 Å². The van der Waals surface area contributed by atoms with Crippen molar-refractivity contribution in [2.24, 2.45) is 0 Å². The number of fused-ring (bicyclic) bond motifs is 1. The fourth-order valence-electron chi connectivity index (χ4n) is 3.22. The van der Waals surface area contributed by atoms with E-state index in [9.17, 15) is 13.2 Å². The van der Waals surface area contributed by atoms with Crippen LogP contribution in [-0.4, -0.2) is 54.0 Å². The summed E-state index contributed by atoms with van der Waals surface area (Å²) in [6, 6.07) is 7.56. The van der Waals surface area contributed by atoms with Gasteiger partial charge in [-0.15, -0.1) is 0 Å². The topological polar surface area (TPSA) is 63.3 Å². The first-order valence-electron chi connectivity index (χ1n) is 9.48. The molecule has 0 amide bonds. The van der Waals surface area contributed by atoms with Gasteiger partial charge in [-0.1, -0.05) is 11.8 Å². The lowest BCUT2D eigenvalue weighted by molar-refractivity contribution is -0.153. The van der Waals surface area contributed by atoms with Gasteiger partial charge in [-0.25, -0.2) is 4.98 Å². The Morgan fingerprint density at radius 3 is 2.80 bits per heavy atom. The molecule has 1 aliphatic heterocycles. The monoisotopic (exact) mass is 438 g/mol. The molecule has 160 valence electrons. The van der Waals surface area contributed by atoms with Crippen LogP contribution < -0.4 is 9.64 Å². The van der Waals surface area contributed by atoms with Gasteiger partial charge in [-0.05, 0) is 31.2 Å². The molecule has 30 heavy (non-hydrogen) atoms. The molecule has 0 atom stereocenters. The average Bonchev–Trinajstić information content (AvgIpc) is 3.14. The van der Waals surface area contributed by atoms with Crippen molar-refractivity contribution in [3.05, 3.63) is 41.7 Å². The molecular weight excluding hydrogens is 417 g/mol. The maximum Gasteiger partial charge on any atom is 0.422 e. The molecule has 3 heterocycles. The van der Waals surface area contributed by atoms with Crippen LogP contribution in [0.1, 0.15) is 11.3 Å². The Morgan fingerprint density at radius 2 is 2.03 bits per heavy atom. The molecule has 3 aromatic rings. The SMILES string of the molecule is Cc1c(OCC(F)(F)F)ccnc1CSc1nc2ccc(N3CCOCC3)cc2[nH]1. The summed E-state index contributed by atoms with van der Waals surface area (Å²) in [7, 11) is 0. The Balaban J connectivity index is 1.44. The number of hydrogen-bond acceptors (Lipinski definition) is 6. The highest BCUT2D eigenvalue weighted by molar-refractivity contribution is 7.98. The van der Waals surface area contributed by atoms with Crippen molar-refractivity contribution in [2.75, 3.05) is 37.8 Å². The fraction of sp³-hybridized carbons (Fsp3) is 0.400. The van der Waals surface area contributed by atoms with Gasteiger partial charge in [0, 0.05) is 36.3 Å². The molecule has 1 N–H and O–H groups in total. The molecule has 1 fully saturated rings. The van der Waals surface area contributed by atoms with Crippen LogP contribution in [-0.2, 0) is 10.5 Å². The number of anilines is 1. The van der Waals surface area contributed by atoms with E-state index in [1.54, 1.807) is 6.92 Å². The summed E-state index contributed by atoms with van der Waals surface area (Å²) < 4.78 is 47.6. The van der Waals surface area contributed by atoms with Gasteiger partial charge in [0.15, 0.2) is 11.8 Å². The van der Waals surface area contributed by atoms with E-state index in [1.165, 1.54) is 24.0 Å². The highest BCUT2D eigenvalue weighted by Crippen LogP contribution is 2.29. The van der Waals surface area contributed by atoms with Crippen LogP contribution >= 0.6 is 11.8 Å². The smallest absolute Gasteiger partial charge is 0.422 e. The number of aromatic nitrogens is 3. The highest BCUT2D eigenvalue weighted by Gasteiger charge is 2.28. The molecular formula is C20H21F3N4O2S. The molecule has 1 aliphatic rings. The van der Waals surface area contributed by atoms with Gasteiger partial charge < -0.3 is 19.4 Å². The second-order valence-corrected chi connectivity index (χ2v) is 7.88. The quantitative estimate of drug-likeness (QED) is 0.578. The normalized spacial score (nSPS) is 15.0. The number of nitrogens with zero attached hydrogens (tertiary/aromatic N) is 3. The van der Waals surface area contributed by atoms with E-state index in [0.29, 0.717) is 17.0 Å². The van der Waals surface area contributed by atoms with E-state index in [-0.39, 0.29) is 5.75 Å². The summed E-state index contributed by atoms with van der Waals surface area (Å²) in [6.45, 7) is 3.56. The lowest BCUT2D eigenvalue weighted by Gasteiger charge is -2.28. The molecule has 0 spiro atoms. The number of benzene rings is 1. The van der Waals surface area contributed by atoms with Crippen LogP contribution in [0.4, 0.5) is 18.9 Å². The Labute approximate surface area is 175 Å². The number of ether oxygens (including phenoxy) is 2. The third-order valence-electron chi connectivity index (χ3n) is 4.82. The van der Waals surface area contributed by atoms with E-state index in [1.807, 2.05) is 6.07 Å². The van der Waals surface area contributed by atoms with Gasteiger partial charge in [0.2, 0.25) is 0 Å². The highest BCUT2D eigenvalue weighted by atomic mass is 32.2. The number of hydrogen-bond donors (Lipinski definition) is 1. The van der Waals surface area contributed by atoms with Gasteiger partial charge in [0.05, 0.1) is 29.9 Å². The first kappa shape index (κ1) is 20.8. The minimum absolute atomic E-state index is 0.192. The second-order valence-electron chi connectivity index (χ2n) is 6.92. The van der Waals surface area contributed by atoms with Gasteiger partial charge in [0.1, 0.15) is 5.75 Å². The summed E-state index contributed by atoms with van der Waals surface area (Å²) in [4.78, 5) is 14.5. The van der Waals surface area contributed by atoms with Crippen molar-refractivity contribution in [2.45, 2.75) is 24.0 Å². The summed E-state index contributed by atoms with van der Waals surface area (Å²) in [6.07, 6.45) is -2.92. The maximum atomic E-state index is 12.4. The van der Waals surface area contributed by atoms with Gasteiger partial charge >= 0.3 is 6.18 Å². The molecule has 0 bridgehead atoms. The van der Waals surface area contributed by atoms with Gasteiger partial charge in [0.25, 0.3) is 0 Å². The number of rotatable bonds is 6. The van der Waals surface area contributed by atoms with E-state index >= 15 is 0 Å². The van der Waals surface area contributed by atoms with E-state index in [0.717, 1.165) is 48.2 Å². The van der Waals surface area contributed by atoms with Crippen molar-refractivity contribution in [3.63, 3.8) is 0 Å². The molecule has 6 nitrogen and oxygen atoms in total. The van der Waals surface area contributed by atoms with Crippen molar-refractivity contribution >= 4 is 28.5 Å². The number of halogens is 3. The Morgan fingerprint density at radius 1 is 1.23 bits per heavy atom. The number of H-pyrrole nitrogens is 1. The van der Waals surface area contributed by atoms with Crippen LogP contribution in [0.15, 0.2) is 35.6 Å². The standard InChI is InChI=1S/C20H21F3N4O2S/c1-13-17(24-5-4-18(13)29-12-20(21,22)23)11-30-19-25-15-3-2-14(10-16(15)26-19)27-6-8-28-9-7-27/h2-5,10H,6-9,11-12H2,1H3,(H,25,26). The number of thioether (sulfide) groups is 1. The van der Waals surface area contributed by atoms with Crippen molar-refractivity contribution in [1.82, 2.24) is 15.0 Å². The molecule has 10 heteroatoms. The lowest BCUT2D eigenvalue weighted by Crippen LogP contribution is -2.36. The second kappa shape index (κ2) is 8.73. The molecule has 0 radical (unpaired) electrons.